The molecule has 0 radical (unpaired) electrons. The molecule has 3 N–H and O–H groups in total. The zero-order valence-corrected chi connectivity index (χ0v) is 18.8. The molecule has 9 heteroatoms. The zero-order chi connectivity index (χ0) is 21.8. The van der Waals surface area contributed by atoms with Gasteiger partial charge in [-0.15, -0.1) is 0 Å². The Hall–Kier alpha value is -2.52. The van der Waals surface area contributed by atoms with Crippen molar-refractivity contribution >= 4 is 27.0 Å². The summed E-state index contributed by atoms with van der Waals surface area (Å²) in [6.45, 7) is 4.34. The summed E-state index contributed by atoms with van der Waals surface area (Å²) in [7, 11) is -3.35. The van der Waals surface area contributed by atoms with Gasteiger partial charge in [-0.05, 0) is 43.6 Å². The lowest BCUT2D eigenvalue weighted by Crippen LogP contribution is -2.40. The second kappa shape index (κ2) is 9.32. The van der Waals surface area contributed by atoms with Crippen LogP contribution in [0.5, 0.6) is 0 Å². The molecule has 1 aromatic carbocycles. The van der Waals surface area contributed by atoms with E-state index in [4.69, 9.17) is 0 Å². The van der Waals surface area contributed by atoms with Crippen LogP contribution >= 0.6 is 0 Å². The number of nitrogens with zero attached hydrogens (tertiary/aromatic N) is 3. The van der Waals surface area contributed by atoms with Crippen molar-refractivity contribution in [1.82, 2.24) is 24.9 Å². The second-order valence-corrected chi connectivity index (χ2v) is 10.5. The molecule has 2 aromatic heterocycles. The van der Waals surface area contributed by atoms with E-state index in [1.807, 2.05) is 36.5 Å². The summed E-state index contributed by atoms with van der Waals surface area (Å²) in [5.41, 5.74) is 2.54. The average molecular weight is 443 g/mol. The van der Waals surface area contributed by atoms with E-state index in [1.54, 1.807) is 0 Å². The van der Waals surface area contributed by atoms with Crippen molar-refractivity contribution in [2.75, 3.05) is 5.32 Å². The van der Waals surface area contributed by atoms with Crippen LogP contribution in [0.25, 0.3) is 11.0 Å². The van der Waals surface area contributed by atoms with Gasteiger partial charge in [0.05, 0.1) is 11.1 Å². The highest BCUT2D eigenvalue weighted by Crippen LogP contribution is 2.23. The maximum Gasteiger partial charge on any atom is 0.224 e. The van der Waals surface area contributed by atoms with Gasteiger partial charge in [-0.1, -0.05) is 44.2 Å². The number of benzene rings is 1. The Balaban J connectivity index is 1.30. The molecule has 8 nitrogen and oxygen atoms in total. The van der Waals surface area contributed by atoms with Crippen LogP contribution in [-0.4, -0.2) is 40.7 Å². The van der Waals surface area contributed by atoms with E-state index in [-0.39, 0.29) is 17.8 Å². The van der Waals surface area contributed by atoms with Gasteiger partial charge in [-0.3, -0.25) is 5.10 Å². The predicted molar refractivity (Wildman–Crippen MR) is 122 cm³/mol. The topological polar surface area (TPSA) is 113 Å². The van der Waals surface area contributed by atoms with Crippen LogP contribution < -0.4 is 10.0 Å². The fraction of sp³-hybridized carbons (Fsp3) is 0.500. The fourth-order valence-corrected chi connectivity index (χ4v) is 5.57. The number of rotatable bonds is 8. The molecule has 1 fully saturated rings. The number of hydrogen-bond donors (Lipinski definition) is 3. The van der Waals surface area contributed by atoms with E-state index in [2.05, 4.69) is 44.1 Å². The summed E-state index contributed by atoms with van der Waals surface area (Å²) in [6, 6.07) is 9.46. The molecule has 0 amide bonds. The van der Waals surface area contributed by atoms with Crippen molar-refractivity contribution in [3.8, 4) is 0 Å². The quantitative estimate of drug-likeness (QED) is 0.493. The highest BCUT2D eigenvalue weighted by molar-refractivity contribution is 7.88. The van der Waals surface area contributed by atoms with Gasteiger partial charge in [0, 0.05) is 24.0 Å². The summed E-state index contributed by atoms with van der Waals surface area (Å²) in [5.74, 6) is 1.12. The van der Waals surface area contributed by atoms with E-state index in [1.165, 1.54) is 0 Å². The van der Waals surface area contributed by atoms with Crippen molar-refractivity contribution < 1.29 is 8.42 Å². The van der Waals surface area contributed by atoms with Gasteiger partial charge in [0.2, 0.25) is 16.0 Å². The molecule has 1 aliphatic rings. The monoisotopic (exact) mass is 442 g/mol. The standard InChI is InChI=1S/C22H30N6O2S/c1-15(2)12-20-19-13-23-22(25-21(19)27-26-20)24-17-8-10-18(11-9-17)28-31(29,30)14-16-6-4-3-5-7-16/h3-7,13,15,17-18,28H,8-12,14H2,1-2H3,(H2,23,24,25,26,27). The van der Waals surface area contributed by atoms with Crippen molar-refractivity contribution in [3.63, 3.8) is 0 Å². The molecular weight excluding hydrogens is 412 g/mol. The first-order chi connectivity index (χ1) is 14.9. The molecular formula is C22H30N6O2S. The number of hydrogen-bond acceptors (Lipinski definition) is 6. The number of sulfonamides is 1. The summed E-state index contributed by atoms with van der Waals surface area (Å²) in [5, 5.41) is 11.8. The van der Waals surface area contributed by atoms with E-state index in [0.717, 1.165) is 48.7 Å². The van der Waals surface area contributed by atoms with Crippen LogP contribution in [0.2, 0.25) is 0 Å². The third kappa shape index (κ3) is 5.80. The Morgan fingerprint density at radius 1 is 1.10 bits per heavy atom. The zero-order valence-electron chi connectivity index (χ0n) is 18.0. The smallest absolute Gasteiger partial charge is 0.224 e. The number of H-pyrrole nitrogens is 1. The number of aromatic amines is 1. The molecule has 1 saturated carbocycles. The third-order valence-corrected chi connectivity index (χ3v) is 7.01. The van der Waals surface area contributed by atoms with Crippen LogP contribution in [-0.2, 0) is 22.2 Å². The van der Waals surface area contributed by atoms with Gasteiger partial charge in [0.25, 0.3) is 0 Å². The van der Waals surface area contributed by atoms with Crippen molar-refractivity contribution in [1.29, 1.82) is 0 Å². The Morgan fingerprint density at radius 3 is 2.52 bits per heavy atom. The van der Waals surface area contributed by atoms with Gasteiger partial charge in [-0.25, -0.2) is 18.1 Å². The molecule has 1 aliphatic carbocycles. The summed E-state index contributed by atoms with van der Waals surface area (Å²) in [4.78, 5) is 9.02. The Morgan fingerprint density at radius 2 is 1.81 bits per heavy atom. The van der Waals surface area contributed by atoms with Gasteiger partial charge in [0.1, 0.15) is 0 Å². The third-order valence-electron chi connectivity index (χ3n) is 5.61. The van der Waals surface area contributed by atoms with Gasteiger partial charge < -0.3 is 5.32 Å². The van der Waals surface area contributed by atoms with Crippen LogP contribution in [0.15, 0.2) is 36.5 Å². The maximum absolute atomic E-state index is 12.5. The average Bonchev–Trinajstić information content (AvgIpc) is 3.11. The molecule has 0 bridgehead atoms. The highest BCUT2D eigenvalue weighted by Gasteiger charge is 2.25. The first kappa shape index (κ1) is 21.7. The molecule has 4 rings (SSSR count). The van der Waals surface area contributed by atoms with Crippen molar-refractivity contribution in [2.24, 2.45) is 5.92 Å². The molecule has 166 valence electrons. The number of nitrogens with one attached hydrogen (secondary N) is 3. The molecule has 0 atom stereocenters. The van der Waals surface area contributed by atoms with E-state index < -0.39 is 10.0 Å². The first-order valence-corrected chi connectivity index (χ1v) is 12.5. The molecule has 3 aromatic rings. The SMILES string of the molecule is CC(C)Cc1[nH]nc2nc(NC3CCC(NS(=O)(=O)Cc4ccccc4)CC3)ncc12. The van der Waals surface area contributed by atoms with Crippen LogP contribution in [0, 0.1) is 5.92 Å². The van der Waals surface area contributed by atoms with Gasteiger partial charge in [-0.2, -0.15) is 10.1 Å². The largest absolute Gasteiger partial charge is 0.351 e. The molecule has 0 spiro atoms. The van der Waals surface area contributed by atoms with Crippen LogP contribution in [0.1, 0.15) is 50.8 Å². The molecule has 31 heavy (non-hydrogen) atoms. The van der Waals surface area contributed by atoms with Gasteiger partial charge >= 0.3 is 0 Å². The lowest BCUT2D eigenvalue weighted by atomic mass is 9.92. The minimum atomic E-state index is -3.35. The van der Waals surface area contributed by atoms with Crippen LogP contribution in [0.3, 0.4) is 0 Å². The minimum Gasteiger partial charge on any atom is -0.351 e. The lowest BCUT2D eigenvalue weighted by molar-refractivity contribution is 0.386. The van der Waals surface area contributed by atoms with Gasteiger partial charge in [0.15, 0.2) is 5.65 Å². The second-order valence-electron chi connectivity index (χ2n) is 8.79. The van der Waals surface area contributed by atoms with E-state index in [9.17, 15) is 8.42 Å². The molecule has 2 heterocycles. The molecule has 0 unspecified atom stereocenters. The Labute approximate surface area is 183 Å². The normalized spacial score (nSPS) is 19.7. The van der Waals surface area contributed by atoms with E-state index in [0.29, 0.717) is 17.5 Å². The first-order valence-electron chi connectivity index (χ1n) is 10.9. The Kier molecular flexibility index (Phi) is 6.52. The molecule has 0 aliphatic heterocycles. The number of fused-ring (bicyclic) bond motifs is 1. The number of anilines is 1. The van der Waals surface area contributed by atoms with E-state index >= 15 is 0 Å². The predicted octanol–water partition coefficient (Wildman–Crippen LogP) is 3.39. The summed E-state index contributed by atoms with van der Waals surface area (Å²) in [6.07, 6.45) is 6.04. The minimum absolute atomic E-state index is 0.0162. The molecule has 0 saturated heterocycles. The summed E-state index contributed by atoms with van der Waals surface area (Å²) >= 11 is 0. The highest BCUT2D eigenvalue weighted by atomic mass is 32.2. The summed E-state index contributed by atoms with van der Waals surface area (Å²) < 4.78 is 27.8. The Bertz CT molecular complexity index is 1110. The fourth-order valence-electron chi connectivity index (χ4n) is 4.11. The lowest BCUT2D eigenvalue weighted by Gasteiger charge is -2.29. The van der Waals surface area contributed by atoms with Crippen molar-refractivity contribution in [3.05, 3.63) is 47.8 Å². The van der Waals surface area contributed by atoms with Crippen LogP contribution in [0.4, 0.5) is 5.95 Å². The number of aromatic nitrogens is 4. The van der Waals surface area contributed by atoms with Crippen molar-refractivity contribution in [2.45, 2.75) is 63.8 Å². The maximum atomic E-state index is 12.5.